The average molecular weight is 270 g/mol. The third-order valence-corrected chi connectivity index (χ3v) is 3.32. The van der Waals surface area contributed by atoms with Gasteiger partial charge in [0, 0.05) is 16.7 Å². The molecule has 1 aromatic rings. The van der Waals surface area contributed by atoms with Gasteiger partial charge in [-0.2, -0.15) is 0 Å². The third kappa shape index (κ3) is 4.25. The number of hydrogen-bond acceptors (Lipinski definition) is 1. The van der Waals surface area contributed by atoms with Crippen LogP contribution in [0.3, 0.4) is 0 Å². The molecule has 0 bridgehead atoms. The van der Waals surface area contributed by atoms with Crippen LogP contribution in [0.2, 0.25) is 0 Å². The summed E-state index contributed by atoms with van der Waals surface area (Å²) in [6.45, 7) is 9.96. The molecule has 0 saturated carbocycles. The molecule has 0 spiro atoms. The van der Waals surface area contributed by atoms with Gasteiger partial charge in [0.2, 0.25) is 0 Å². The van der Waals surface area contributed by atoms with Crippen LogP contribution in [0.5, 0.6) is 0 Å². The van der Waals surface area contributed by atoms with Gasteiger partial charge in [0.1, 0.15) is 0 Å². The summed E-state index contributed by atoms with van der Waals surface area (Å²) in [5, 5.41) is 3.48. The Bertz CT molecular complexity index is 326. The lowest BCUT2D eigenvalue weighted by molar-refractivity contribution is 0.390. The number of benzene rings is 1. The second kappa shape index (κ2) is 5.02. The standard InChI is InChI=1S/C13H20BrN/c1-10-11(14)6-5-7-12(10)15-9-8-13(2,3)4/h5-7,15H,8-9H2,1-4H3. The lowest BCUT2D eigenvalue weighted by atomic mass is 9.92. The summed E-state index contributed by atoms with van der Waals surface area (Å²) in [7, 11) is 0. The first-order chi connectivity index (χ1) is 6.90. The lowest BCUT2D eigenvalue weighted by Gasteiger charge is -2.19. The number of hydrogen-bond donors (Lipinski definition) is 1. The van der Waals surface area contributed by atoms with Gasteiger partial charge in [0.25, 0.3) is 0 Å². The Balaban J connectivity index is 2.55. The van der Waals surface area contributed by atoms with E-state index in [9.17, 15) is 0 Å². The van der Waals surface area contributed by atoms with Crippen molar-refractivity contribution in [3.05, 3.63) is 28.2 Å². The second-order valence-electron chi connectivity index (χ2n) is 5.15. The Morgan fingerprint density at radius 2 is 1.93 bits per heavy atom. The van der Waals surface area contributed by atoms with E-state index < -0.39 is 0 Å². The minimum atomic E-state index is 0.396. The van der Waals surface area contributed by atoms with Gasteiger partial charge < -0.3 is 5.32 Å². The highest BCUT2D eigenvalue weighted by atomic mass is 79.9. The summed E-state index contributed by atoms with van der Waals surface area (Å²) in [5.41, 5.74) is 2.91. The van der Waals surface area contributed by atoms with Crippen molar-refractivity contribution >= 4 is 21.6 Å². The molecule has 0 amide bonds. The van der Waals surface area contributed by atoms with E-state index in [1.807, 2.05) is 0 Å². The number of halogens is 1. The highest BCUT2D eigenvalue weighted by Gasteiger charge is 2.09. The maximum absolute atomic E-state index is 3.54. The van der Waals surface area contributed by atoms with E-state index in [2.05, 4.69) is 67.1 Å². The Morgan fingerprint density at radius 3 is 2.53 bits per heavy atom. The third-order valence-electron chi connectivity index (χ3n) is 2.46. The largest absolute Gasteiger partial charge is 0.385 e. The van der Waals surface area contributed by atoms with Crippen LogP contribution >= 0.6 is 15.9 Å². The minimum absolute atomic E-state index is 0.396. The summed E-state index contributed by atoms with van der Waals surface area (Å²) in [5.74, 6) is 0. The molecule has 0 heterocycles. The smallest absolute Gasteiger partial charge is 0.0381 e. The monoisotopic (exact) mass is 269 g/mol. The quantitative estimate of drug-likeness (QED) is 0.846. The Morgan fingerprint density at radius 1 is 1.27 bits per heavy atom. The first-order valence-corrected chi connectivity index (χ1v) is 6.18. The van der Waals surface area contributed by atoms with Crippen LogP contribution in [0.15, 0.2) is 22.7 Å². The molecule has 0 radical (unpaired) electrons. The number of anilines is 1. The van der Waals surface area contributed by atoms with Crippen LogP contribution < -0.4 is 5.32 Å². The molecule has 0 unspecified atom stereocenters. The molecule has 84 valence electrons. The SMILES string of the molecule is Cc1c(Br)cccc1NCCC(C)(C)C. The molecule has 1 aromatic carbocycles. The lowest BCUT2D eigenvalue weighted by Crippen LogP contribution is -2.13. The molecular formula is C13H20BrN. The van der Waals surface area contributed by atoms with E-state index in [1.54, 1.807) is 0 Å². The van der Waals surface area contributed by atoms with E-state index in [-0.39, 0.29) is 0 Å². The number of rotatable bonds is 3. The van der Waals surface area contributed by atoms with Crippen LogP contribution in [0.25, 0.3) is 0 Å². The normalized spacial score (nSPS) is 11.5. The molecule has 1 nitrogen and oxygen atoms in total. The second-order valence-corrected chi connectivity index (χ2v) is 6.00. The van der Waals surface area contributed by atoms with Crippen molar-refractivity contribution in [3.8, 4) is 0 Å². The van der Waals surface area contributed by atoms with Crippen molar-refractivity contribution < 1.29 is 0 Å². The van der Waals surface area contributed by atoms with Gasteiger partial charge >= 0.3 is 0 Å². The zero-order valence-electron chi connectivity index (χ0n) is 10.0. The zero-order chi connectivity index (χ0) is 11.5. The molecule has 0 aliphatic heterocycles. The Kier molecular flexibility index (Phi) is 4.21. The molecule has 0 aliphatic carbocycles. The van der Waals surface area contributed by atoms with Gasteiger partial charge in [-0.25, -0.2) is 0 Å². The van der Waals surface area contributed by atoms with Crippen LogP contribution in [0, 0.1) is 12.3 Å². The van der Waals surface area contributed by atoms with Gasteiger partial charge in [-0.15, -0.1) is 0 Å². The van der Waals surface area contributed by atoms with Crippen molar-refractivity contribution in [2.75, 3.05) is 11.9 Å². The molecule has 0 atom stereocenters. The van der Waals surface area contributed by atoms with Gasteiger partial charge in [0.15, 0.2) is 0 Å². The van der Waals surface area contributed by atoms with Crippen molar-refractivity contribution in [2.45, 2.75) is 34.1 Å². The molecule has 2 heteroatoms. The van der Waals surface area contributed by atoms with E-state index >= 15 is 0 Å². The maximum Gasteiger partial charge on any atom is 0.0381 e. The molecule has 1 rings (SSSR count). The van der Waals surface area contributed by atoms with E-state index in [0.717, 1.165) is 6.54 Å². The topological polar surface area (TPSA) is 12.0 Å². The molecular weight excluding hydrogens is 250 g/mol. The Hall–Kier alpha value is -0.500. The summed E-state index contributed by atoms with van der Waals surface area (Å²) in [4.78, 5) is 0. The van der Waals surface area contributed by atoms with E-state index in [4.69, 9.17) is 0 Å². The fourth-order valence-corrected chi connectivity index (χ4v) is 1.74. The minimum Gasteiger partial charge on any atom is -0.385 e. The van der Waals surface area contributed by atoms with Gasteiger partial charge in [0.05, 0.1) is 0 Å². The van der Waals surface area contributed by atoms with Crippen LogP contribution in [0.4, 0.5) is 5.69 Å². The van der Waals surface area contributed by atoms with E-state index in [1.165, 1.54) is 22.1 Å². The number of nitrogens with one attached hydrogen (secondary N) is 1. The van der Waals surface area contributed by atoms with Crippen molar-refractivity contribution in [3.63, 3.8) is 0 Å². The first kappa shape index (κ1) is 12.6. The first-order valence-electron chi connectivity index (χ1n) is 5.39. The van der Waals surface area contributed by atoms with Crippen LogP contribution in [0.1, 0.15) is 32.8 Å². The predicted molar refractivity (Wildman–Crippen MR) is 71.4 cm³/mol. The highest BCUT2D eigenvalue weighted by Crippen LogP contribution is 2.24. The molecule has 0 saturated heterocycles. The van der Waals surface area contributed by atoms with E-state index in [0.29, 0.717) is 5.41 Å². The van der Waals surface area contributed by atoms with Gasteiger partial charge in [-0.1, -0.05) is 42.8 Å². The summed E-state index contributed by atoms with van der Waals surface area (Å²) in [6, 6.07) is 6.27. The molecule has 0 aromatic heterocycles. The average Bonchev–Trinajstić information content (AvgIpc) is 2.10. The summed E-state index contributed by atoms with van der Waals surface area (Å²) >= 11 is 3.54. The zero-order valence-corrected chi connectivity index (χ0v) is 11.6. The van der Waals surface area contributed by atoms with Gasteiger partial charge in [-0.05, 0) is 36.5 Å². The van der Waals surface area contributed by atoms with Gasteiger partial charge in [-0.3, -0.25) is 0 Å². The predicted octanol–water partition coefficient (Wildman–Crippen LogP) is 4.61. The Labute approximate surface area is 101 Å². The van der Waals surface area contributed by atoms with Crippen LogP contribution in [-0.4, -0.2) is 6.54 Å². The van der Waals surface area contributed by atoms with Crippen molar-refractivity contribution in [1.29, 1.82) is 0 Å². The molecule has 15 heavy (non-hydrogen) atoms. The molecule has 0 aliphatic rings. The summed E-state index contributed by atoms with van der Waals surface area (Å²) in [6.07, 6.45) is 1.18. The summed E-state index contributed by atoms with van der Waals surface area (Å²) < 4.78 is 1.17. The maximum atomic E-state index is 3.54. The van der Waals surface area contributed by atoms with Crippen LogP contribution in [-0.2, 0) is 0 Å². The fourth-order valence-electron chi connectivity index (χ4n) is 1.37. The molecule has 1 N–H and O–H groups in total. The molecule has 0 fully saturated rings. The van der Waals surface area contributed by atoms with Crippen molar-refractivity contribution in [1.82, 2.24) is 0 Å². The highest BCUT2D eigenvalue weighted by molar-refractivity contribution is 9.10. The fraction of sp³-hybridized carbons (Fsp3) is 0.538. The van der Waals surface area contributed by atoms with Crippen molar-refractivity contribution in [2.24, 2.45) is 5.41 Å².